The summed E-state index contributed by atoms with van der Waals surface area (Å²) in [6.45, 7) is -0.182. The Hall–Kier alpha value is -1.38. The fourth-order valence-electron chi connectivity index (χ4n) is 0.930. The van der Waals surface area contributed by atoms with Gasteiger partial charge < -0.3 is 16.8 Å². The van der Waals surface area contributed by atoms with E-state index < -0.39 is 11.7 Å². The topological polar surface area (TPSA) is 93.5 Å². The molecule has 5 nitrogen and oxygen atoms in total. The van der Waals surface area contributed by atoms with E-state index in [1.807, 2.05) is 0 Å². The highest BCUT2D eigenvalue weighted by molar-refractivity contribution is 14.0. The van der Waals surface area contributed by atoms with Crippen molar-refractivity contribution in [1.82, 2.24) is 0 Å². The molecular formula is C9H12FIN4O. The average Bonchev–Trinajstić information content (AvgIpc) is 2.15. The lowest BCUT2D eigenvalue weighted by molar-refractivity contribution is -0.114. The Morgan fingerprint density at radius 3 is 2.69 bits per heavy atom. The maximum absolute atomic E-state index is 12.7. The lowest BCUT2D eigenvalue weighted by atomic mass is 10.3. The number of aliphatic imine (C=N–C) groups is 1. The van der Waals surface area contributed by atoms with E-state index >= 15 is 0 Å². The molecule has 0 fully saturated rings. The molecular weight excluding hydrogens is 326 g/mol. The van der Waals surface area contributed by atoms with E-state index in [2.05, 4.69) is 10.3 Å². The first-order valence-electron chi connectivity index (χ1n) is 4.19. The molecule has 0 bridgehead atoms. The molecule has 0 radical (unpaired) electrons. The fourth-order valence-corrected chi connectivity index (χ4v) is 0.930. The van der Waals surface area contributed by atoms with Crippen molar-refractivity contribution in [3.63, 3.8) is 0 Å². The Morgan fingerprint density at radius 1 is 1.44 bits per heavy atom. The van der Waals surface area contributed by atoms with Crippen LogP contribution in [0.25, 0.3) is 0 Å². The molecule has 5 N–H and O–H groups in total. The number of carbonyl (C=O) groups is 1. The third-order valence-corrected chi connectivity index (χ3v) is 1.51. The van der Waals surface area contributed by atoms with Crippen LogP contribution in [-0.2, 0) is 4.79 Å². The van der Waals surface area contributed by atoms with Crippen LogP contribution in [0.3, 0.4) is 0 Å². The molecule has 1 rings (SSSR count). The van der Waals surface area contributed by atoms with E-state index in [-0.39, 0.29) is 36.5 Å². The van der Waals surface area contributed by atoms with Crippen molar-refractivity contribution < 1.29 is 9.18 Å². The minimum Gasteiger partial charge on any atom is -0.370 e. The Labute approximate surface area is 109 Å². The van der Waals surface area contributed by atoms with Gasteiger partial charge in [0, 0.05) is 5.69 Å². The molecule has 0 saturated carbocycles. The molecule has 7 heteroatoms. The largest absolute Gasteiger partial charge is 0.370 e. The summed E-state index contributed by atoms with van der Waals surface area (Å²) in [5, 5.41) is 2.44. The zero-order valence-electron chi connectivity index (χ0n) is 8.31. The molecule has 0 spiro atoms. The van der Waals surface area contributed by atoms with E-state index in [1.54, 1.807) is 6.07 Å². The fraction of sp³-hybridized carbons (Fsp3) is 0.111. The standard InChI is InChI=1S/C9H11FN4O.HI/c10-6-2-1-3-7(4-6)14-8(15)5-13-9(11)12;/h1-4H,5H2,(H,14,15)(H4,11,12,13);1H. The molecule has 0 unspecified atom stereocenters. The van der Waals surface area contributed by atoms with Crippen molar-refractivity contribution in [2.75, 3.05) is 11.9 Å². The van der Waals surface area contributed by atoms with Crippen LogP contribution in [0.1, 0.15) is 0 Å². The monoisotopic (exact) mass is 338 g/mol. The first-order valence-corrected chi connectivity index (χ1v) is 4.19. The second kappa shape index (κ2) is 6.99. The van der Waals surface area contributed by atoms with Gasteiger partial charge in [0.2, 0.25) is 5.91 Å². The number of hydrogen-bond acceptors (Lipinski definition) is 2. The van der Waals surface area contributed by atoms with Crippen LogP contribution in [0.5, 0.6) is 0 Å². The predicted molar refractivity (Wildman–Crippen MR) is 71.1 cm³/mol. The van der Waals surface area contributed by atoms with Crippen LogP contribution < -0.4 is 16.8 Å². The predicted octanol–water partition coefficient (Wildman–Crippen LogP) is 0.656. The van der Waals surface area contributed by atoms with Crippen molar-refractivity contribution in [2.24, 2.45) is 16.5 Å². The van der Waals surface area contributed by atoms with E-state index in [0.29, 0.717) is 5.69 Å². The second-order valence-corrected chi connectivity index (χ2v) is 2.80. The van der Waals surface area contributed by atoms with E-state index in [1.165, 1.54) is 18.2 Å². The zero-order chi connectivity index (χ0) is 11.3. The Balaban J connectivity index is 0.00000225. The van der Waals surface area contributed by atoms with Crippen molar-refractivity contribution in [3.05, 3.63) is 30.1 Å². The quantitative estimate of drug-likeness (QED) is 0.429. The third-order valence-electron chi connectivity index (χ3n) is 1.51. The normalized spacial score (nSPS) is 8.81. The highest BCUT2D eigenvalue weighted by atomic mass is 127. The summed E-state index contributed by atoms with van der Waals surface area (Å²) >= 11 is 0. The van der Waals surface area contributed by atoms with Gasteiger partial charge in [0.15, 0.2) is 5.96 Å². The number of benzene rings is 1. The number of nitrogens with two attached hydrogens (primary N) is 2. The van der Waals surface area contributed by atoms with Gasteiger partial charge >= 0.3 is 0 Å². The summed E-state index contributed by atoms with van der Waals surface area (Å²) in [6, 6.07) is 5.54. The van der Waals surface area contributed by atoms with Crippen LogP contribution in [0.15, 0.2) is 29.3 Å². The lowest BCUT2D eigenvalue weighted by Gasteiger charge is -2.02. The summed E-state index contributed by atoms with van der Waals surface area (Å²) in [7, 11) is 0. The third kappa shape index (κ3) is 5.49. The van der Waals surface area contributed by atoms with Crippen LogP contribution in [0.4, 0.5) is 10.1 Å². The second-order valence-electron chi connectivity index (χ2n) is 2.80. The Kier molecular flexibility index (Phi) is 6.38. The number of rotatable bonds is 3. The van der Waals surface area contributed by atoms with Gasteiger partial charge in [0.05, 0.1) is 0 Å². The van der Waals surface area contributed by atoms with E-state index in [0.717, 1.165) is 0 Å². The molecule has 0 aromatic heterocycles. The molecule has 0 aliphatic carbocycles. The molecule has 16 heavy (non-hydrogen) atoms. The number of nitrogens with one attached hydrogen (secondary N) is 1. The maximum atomic E-state index is 12.7. The summed E-state index contributed by atoms with van der Waals surface area (Å²) in [5.74, 6) is -0.993. The number of hydrogen-bond donors (Lipinski definition) is 3. The van der Waals surface area contributed by atoms with Crippen molar-refractivity contribution in [3.8, 4) is 0 Å². The summed E-state index contributed by atoms with van der Waals surface area (Å²) in [4.78, 5) is 14.7. The van der Waals surface area contributed by atoms with Gasteiger partial charge in [-0.15, -0.1) is 24.0 Å². The van der Waals surface area contributed by atoms with Crippen LogP contribution in [0.2, 0.25) is 0 Å². The molecule has 0 aliphatic heterocycles. The van der Waals surface area contributed by atoms with Crippen molar-refractivity contribution in [1.29, 1.82) is 0 Å². The molecule has 0 saturated heterocycles. The summed E-state index contributed by atoms with van der Waals surface area (Å²) in [5.41, 5.74) is 10.5. The molecule has 0 aliphatic rings. The highest BCUT2D eigenvalue weighted by Gasteiger charge is 2.01. The maximum Gasteiger partial charge on any atom is 0.246 e. The number of anilines is 1. The van der Waals surface area contributed by atoms with Crippen LogP contribution >= 0.6 is 24.0 Å². The molecule has 0 heterocycles. The Morgan fingerprint density at radius 2 is 2.12 bits per heavy atom. The minimum absolute atomic E-state index is 0. The summed E-state index contributed by atoms with van der Waals surface area (Å²) in [6.07, 6.45) is 0. The van der Waals surface area contributed by atoms with Gasteiger partial charge in [0.1, 0.15) is 12.4 Å². The van der Waals surface area contributed by atoms with E-state index in [4.69, 9.17) is 11.5 Å². The molecule has 1 aromatic rings. The molecule has 0 atom stereocenters. The van der Waals surface area contributed by atoms with Gasteiger partial charge in [-0.2, -0.15) is 0 Å². The smallest absolute Gasteiger partial charge is 0.246 e. The first kappa shape index (κ1) is 14.6. The van der Waals surface area contributed by atoms with Gasteiger partial charge in [-0.1, -0.05) is 6.07 Å². The minimum atomic E-state index is -0.422. The molecule has 88 valence electrons. The number of guanidine groups is 1. The van der Waals surface area contributed by atoms with E-state index in [9.17, 15) is 9.18 Å². The van der Waals surface area contributed by atoms with Gasteiger partial charge in [-0.3, -0.25) is 4.79 Å². The highest BCUT2D eigenvalue weighted by Crippen LogP contribution is 2.08. The van der Waals surface area contributed by atoms with Crippen molar-refractivity contribution in [2.45, 2.75) is 0 Å². The van der Waals surface area contributed by atoms with Crippen LogP contribution in [0, 0.1) is 5.82 Å². The number of nitrogens with zero attached hydrogens (tertiary/aromatic N) is 1. The van der Waals surface area contributed by atoms with Crippen LogP contribution in [-0.4, -0.2) is 18.4 Å². The molecule has 1 amide bonds. The SMILES string of the molecule is I.NC(N)=NCC(=O)Nc1cccc(F)c1. The Bertz CT molecular complexity index is 393. The van der Waals surface area contributed by atoms with Gasteiger partial charge in [-0.25, -0.2) is 9.38 Å². The number of carbonyl (C=O) groups excluding carboxylic acids is 1. The number of halogens is 2. The lowest BCUT2D eigenvalue weighted by Crippen LogP contribution is -2.25. The summed E-state index contributed by atoms with van der Waals surface area (Å²) < 4.78 is 12.7. The number of amides is 1. The van der Waals surface area contributed by atoms with Gasteiger partial charge in [0.25, 0.3) is 0 Å². The average molecular weight is 338 g/mol. The zero-order valence-corrected chi connectivity index (χ0v) is 10.6. The van der Waals surface area contributed by atoms with Gasteiger partial charge in [-0.05, 0) is 18.2 Å². The first-order chi connectivity index (χ1) is 7.08. The van der Waals surface area contributed by atoms with Crippen molar-refractivity contribution >= 4 is 41.5 Å². The molecule has 1 aromatic carbocycles.